The fourth-order valence-electron chi connectivity index (χ4n) is 4.14. The van der Waals surface area contributed by atoms with Crippen molar-refractivity contribution in [1.82, 2.24) is 10.1 Å². The van der Waals surface area contributed by atoms with E-state index in [4.69, 9.17) is 9.26 Å². The summed E-state index contributed by atoms with van der Waals surface area (Å²) in [5, 5.41) is 4.00. The number of nitrogens with zero attached hydrogens (tertiary/aromatic N) is 2. The highest BCUT2D eigenvalue weighted by atomic mass is 16.5. The zero-order chi connectivity index (χ0) is 14.5. The van der Waals surface area contributed by atoms with Gasteiger partial charge in [0.25, 0.3) is 0 Å². The molecular weight excluding hydrogens is 264 g/mol. The molecule has 1 aromatic heterocycles. The van der Waals surface area contributed by atoms with Crippen LogP contribution in [0.5, 0.6) is 5.75 Å². The van der Waals surface area contributed by atoms with Crippen LogP contribution < -0.4 is 4.74 Å². The molecule has 0 saturated heterocycles. The Morgan fingerprint density at radius 3 is 2.33 bits per heavy atom. The van der Waals surface area contributed by atoms with Crippen molar-refractivity contribution in [2.45, 2.75) is 44.4 Å². The highest BCUT2D eigenvalue weighted by molar-refractivity contribution is 5.40. The number of rotatable bonds is 3. The maximum atomic E-state index is 5.55. The average molecular weight is 284 g/mol. The maximum absolute atomic E-state index is 5.55. The summed E-state index contributed by atoms with van der Waals surface area (Å²) in [5.41, 5.74) is 1.71. The molecule has 4 heteroatoms. The molecule has 0 unspecified atom stereocenters. The van der Waals surface area contributed by atoms with Crippen molar-refractivity contribution in [3.63, 3.8) is 0 Å². The zero-order valence-electron chi connectivity index (χ0n) is 12.6. The number of ether oxygens (including phenoxy) is 1. The molecule has 2 aliphatic carbocycles. The molecule has 4 rings (SSSR count). The number of aromatic nitrogens is 2. The summed E-state index contributed by atoms with van der Waals surface area (Å²) in [7, 11) is 1.69. The molecule has 0 atom stereocenters. The van der Waals surface area contributed by atoms with Crippen molar-refractivity contribution in [3.8, 4) is 5.75 Å². The summed E-state index contributed by atoms with van der Waals surface area (Å²) < 4.78 is 10.8. The third-order valence-electron chi connectivity index (χ3n) is 5.35. The van der Waals surface area contributed by atoms with Gasteiger partial charge in [-0.3, -0.25) is 0 Å². The van der Waals surface area contributed by atoms with Crippen LogP contribution in [0.1, 0.15) is 49.4 Å². The minimum Gasteiger partial charge on any atom is -0.497 e. The Hall–Kier alpha value is -1.84. The lowest BCUT2D eigenvalue weighted by Crippen LogP contribution is -2.53. The van der Waals surface area contributed by atoms with Crippen molar-refractivity contribution >= 4 is 0 Å². The van der Waals surface area contributed by atoms with Crippen LogP contribution in [-0.4, -0.2) is 17.3 Å². The molecule has 0 aliphatic heterocycles. The van der Waals surface area contributed by atoms with Crippen molar-refractivity contribution in [2.24, 2.45) is 5.41 Å². The molecule has 0 radical (unpaired) electrons. The molecule has 0 N–H and O–H groups in total. The fourth-order valence-corrected chi connectivity index (χ4v) is 4.14. The van der Waals surface area contributed by atoms with E-state index in [0.717, 1.165) is 24.5 Å². The van der Waals surface area contributed by atoms with E-state index in [0.29, 0.717) is 11.2 Å². The van der Waals surface area contributed by atoms with Gasteiger partial charge >= 0.3 is 0 Å². The van der Waals surface area contributed by atoms with Gasteiger partial charge in [0.2, 0.25) is 5.89 Å². The van der Waals surface area contributed by atoms with Gasteiger partial charge in [-0.25, -0.2) is 0 Å². The summed E-state index contributed by atoms with van der Waals surface area (Å²) >= 11 is 0. The third-order valence-corrected chi connectivity index (χ3v) is 5.35. The number of hydrogen-bond acceptors (Lipinski definition) is 4. The van der Waals surface area contributed by atoms with Crippen LogP contribution in [0.4, 0.5) is 0 Å². The summed E-state index contributed by atoms with van der Waals surface area (Å²) in [6, 6.07) is 8.33. The van der Waals surface area contributed by atoms with E-state index >= 15 is 0 Å². The largest absolute Gasteiger partial charge is 0.497 e. The number of benzene rings is 1. The normalized spacial score (nSPS) is 21.6. The van der Waals surface area contributed by atoms with Gasteiger partial charge in [-0.2, -0.15) is 4.98 Å². The first kappa shape index (κ1) is 12.9. The average Bonchev–Trinajstić information content (AvgIpc) is 2.84. The smallest absolute Gasteiger partial charge is 0.237 e. The van der Waals surface area contributed by atoms with Crippen molar-refractivity contribution < 1.29 is 9.26 Å². The molecule has 2 saturated carbocycles. The molecule has 1 spiro atoms. The molecule has 2 fully saturated rings. The van der Waals surface area contributed by atoms with Gasteiger partial charge in [-0.1, -0.05) is 23.7 Å². The van der Waals surface area contributed by atoms with Crippen molar-refractivity contribution in [1.29, 1.82) is 0 Å². The number of methoxy groups -OCH3 is 1. The fraction of sp³-hybridized carbons (Fsp3) is 0.529. The van der Waals surface area contributed by atoms with E-state index in [1.54, 1.807) is 7.11 Å². The Morgan fingerprint density at radius 2 is 1.86 bits per heavy atom. The predicted molar refractivity (Wildman–Crippen MR) is 78.3 cm³/mol. The predicted octanol–water partition coefficient (Wildman–Crippen LogP) is 3.64. The van der Waals surface area contributed by atoms with E-state index in [1.807, 2.05) is 19.1 Å². The third kappa shape index (κ3) is 1.81. The first-order chi connectivity index (χ1) is 10.2. The minimum absolute atomic E-state index is 0.0893. The van der Waals surface area contributed by atoms with Crippen LogP contribution in [-0.2, 0) is 5.41 Å². The van der Waals surface area contributed by atoms with Gasteiger partial charge < -0.3 is 9.26 Å². The van der Waals surface area contributed by atoms with Crippen LogP contribution in [0, 0.1) is 12.3 Å². The molecule has 2 aliphatic rings. The molecule has 1 aromatic carbocycles. The molecule has 21 heavy (non-hydrogen) atoms. The van der Waals surface area contributed by atoms with Crippen molar-refractivity contribution in [3.05, 3.63) is 41.5 Å². The lowest BCUT2D eigenvalue weighted by Gasteiger charge is -2.59. The summed E-state index contributed by atoms with van der Waals surface area (Å²) in [6.07, 6.45) is 6.32. The molecule has 1 heterocycles. The second kappa shape index (κ2) is 4.33. The molecule has 0 amide bonds. The lowest BCUT2D eigenvalue weighted by molar-refractivity contribution is -0.0425. The number of hydrogen-bond donors (Lipinski definition) is 0. The van der Waals surface area contributed by atoms with Gasteiger partial charge in [-0.15, -0.1) is 0 Å². The van der Waals surface area contributed by atoms with Gasteiger partial charge in [0.1, 0.15) is 5.75 Å². The van der Waals surface area contributed by atoms with Crippen LogP contribution in [0.3, 0.4) is 0 Å². The lowest BCUT2D eigenvalue weighted by atomic mass is 9.43. The van der Waals surface area contributed by atoms with E-state index in [-0.39, 0.29) is 5.41 Å². The van der Waals surface area contributed by atoms with Gasteiger partial charge in [0.15, 0.2) is 5.82 Å². The topological polar surface area (TPSA) is 48.2 Å². The van der Waals surface area contributed by atoms with Gasteiger partial charge in [0.05, 0.1) is 12.5 Å². The second-order valence-electron chi connectivity index (χ2n) is 6.66. The summed E-state index contributed by atoms with van der Waals surface area (Å²) in [4.78, 5) is 4.54. The second-order valence-corrected chi connectivity index (χ2v) is 6.66. The molecular formula is C17H20N2O2. The summed E-state index contributed by atoms with van der Waals surface area (Å²) in [6.45, 7) is 1.88. The molecule has 0 bridgehead atoms. The molecule has 2 aromatic rings. The first-order valence-electron chi connectivity index (χ1n) is 7.61. The van der Waals surface area contributed by atoms with Crippen LogP contribution in [0.25, 0.3) is 0 Å². The first-order valence-corrected chi connectivity index (χ1v) is 7.61. The standard InChI is InChI=1S/C17H20N2O2/c1-12-18-15(21-19-12)17(10-16(11-17)8-3-9-16)13-4-6-14(20-2)7-5-13/h4-7H,3,8-11H2,1-2H3. The van der Waals surface area contributed by atoms with E-state index in [1.165, 1.54) is 24.8 Å². The van der Waals surface area contributed by atoms with Gasteiger partial charge in [-0.05, 0) is 55.7 Å². The van der Waals surface area contributed by atoms with Crippen LogP contribution in [0.2, 0.25) is 0 Å². The SMILES string of the molecule is COc1ccc(C2(c3nc(C)no3)CC3(CCC3)C2)cc1. The Labute approximate surface area is 124 Å². The van der Waals surface area contributed by atoms with Crippen LogP contribution in [0.15, 0.2) is 28.8 Å². The Kier molecular flexibility index (Phi) is 2.65. The molecule has 4 nitrogen and oxygen atoms in total. The number of aryl methyl sites for hydroxylation is 1. The summed E-state index contributed by atoms with van der Waals surface area (Å²) in [5.74, 6) is 2.38. The van der Waals surface area contributed by atoms with Crippen molar-refractivity contribution in [2.75, 3.05) is 7.11 Å². The van der Waals surface area contributed by atoms with E-state index in [2.05, 4.69) is 22.3 Å². The zero-order valence-corrected chi connectivity index (χ0v) is 12.6. The monoisotopic (exact) mass is 284 g/mol. The van der Waals surface area contributed by atoms with Gasteiger partial charge in [0, 0.05) is 0 Å². The quantitative estimate of drug-likeness (QED) is 0.863. The Bertz CT molecular complexity index is 648. The minimum atomic E-state index is -0.0893. The van der Waals surface area contributed by atoms with E-state index < -0.39 is 0 Å². The Morgan fingerprint density at radius 1 is 1.14 bits per heavy atom. The highest BCUT2D eigenvalue weighted by Crippen LogP contribution is 2.66. The van der Waals surface area contributed by atoms with Crippen LogP contribution >= 0.6 is 0 Å². The van der Waals surface area contributed by atoms with E-state index in [9.17, 15) is 0 Å². The highest BCUT2D eigenvalue weighted by Gasteiger charge is 2.61. The Balaban J connectivity index is 1.73. The maximum Gasteiger partial charge on any atom is 0.237 e. The molecule has 110 valence electrons.